The van der Waals surface area contributed by atoms with Gasteiger partial charge in [0.25, 0.3) is 0 Å². The van der Waals surface area contributed by atoms with Gasteiger partial charge in [-0.05, 0) is 31.6 Å². The molecule has 8 heteroatoms. The Morgan fingerprint density at radius 2 is 2.19 bits per heavy atom. The lowest BCUT2D eigenvalue weighted by molar-refractivity contribution is 0.0203. The highest BCUT2D eigenvalue weighted by atomic mass is 16.5. The largest absolute Gasteiger partial charge is 0.381 e. The number of rotatable bonds is 8. The molecule has 0 amide bonds. The molecule has 0 radical (unpaired) electrons. The molecular weight excluding hydrogens is 344 g/mol. The number of ether oxygens (including phenoxy) is 2. The molecule has 2 aliphatic rings. The predicted octanol–water partition coefficient (Wildman–Crippen LogP) is 1.15. The van der Waals surface area contributed by atoms with Crippen LogP contribution in [0, 0.1) is 5.92 Å². The van der Waals surface area contributed by atoms with Crippen LogP contribution in [0.4, 0.5) is 0 Å². The summed E-state index contributed by atoms with van der Waals surface area (Å²) in [6.07, 6.45) is 6.13. The van der Waals surface area contributed by atoms with Gasteiger partial charge in [0.1, 0.15) is 5.82 Å². The summed E-state index contributed by atoms with van der Waals surface area (Å²) >= 11 is 0. The van der Waals surface area contributed by atoms with Crippen molar-refractivity contribution in [1.29, 1.82) is 0 Å². The van der Waals surface area contributed by atoms with E-state index in [2.05, 4.69) is 32.6 Å². The minimum atomic E-state index is 0.333. The third-order valence-corrected chi connectivity index (χ3v) is 5.23. The van der Waals surface area contributed by atoms with Crippen LogP contribution in [0.15, 0.2) is 4.99 Å². The third kappa shape index (κ3) is 6.17. The highest BCUT2D eigenvalue weighted by Gasteiger charge is 2.22. The zero-order valence-electron chi connectivity index (χ0n) is 16.7. The molecule has 1 aromatic heterocycles. The van der Waals surface area contributed by atoms with Gasteiger partial charge in [-0.15, -0.1) is 0 Å². The molecule has 1 saturated heterocycles. The Morgan fingerprint density at radius 3 is 2.96 bits per heavy atom. The molecule has 8 nitrogen and oxygen atoms in total. The fraction of sp³-hybridized carbons (Fsp3) is 0.842. The maximum Gasteiger partial charge on any atom is 0.191 e. The molecule has 2 aliphatic heterocycles. The van der Waals surface area contributed by atoms with E-state index < -0.39 is 0 Å². The Hall–Kier alpha value is -1.67. The van der Waals surface area contributed by atoms with Crippen molar-refractivity contribution in [3.8, 4) is 0 Å². The summed E-state index contributed by atoms with van der Waals surface area (Å²) in [7, 11) is 1.82. The number of nitrogens with one attached hydrogen (secondary N) is 2. The number of aromatic nitrogens is 3. The predicted molar refractivity (Wildman–Crippen MR) is 105 cm³/mol. The number of guanidine groups is 1. The molecule has 152 valence electrons. The molecule has 0 saturated carbocycles. The van der Waals surface area contributed by atoms with Crippen molar-refractivity contribution >= 4 is 5.96 Å². The smallest absolute Gasteiger partial charge is 0.191 e. The van der Waals surface area contributed by atoms with Crippen molar-refractivity contribution in [3.05, 3.63) is 11.6 Å². The summed E-state index contributed by atoms with van der Waals surface area (Å²) in [6, 6.07) is 0.333. The van der Waals surface area contributed by atoms with E-state index in [1.807, 2.05) is 11.7 Å². The zero-order chi connectivity index (χ0) is 18.9. The zero-order valence-corrected chi connectivity index (χ0v) is 16.7. The van der Waals surface area contributed by atoms with E-state index in [4.69, 9.17) is 9.47 Å². The topological polar surface area (TPSA) is 85.6 Å². The summed E-state index contributed by atoms with van der Waals surface area (Å²) in [5.41, 5.74) is 0. The van der Waals surface area contributed by atoms with E-state index in [1.54, 1.807) is 0 Å². The molecule has 1 fully saturated rings. The van der Waals surface area contributed by atoms with Crippen molar-refractivity contribution in [2.24, 2.45) is 10.9 Å². The van der Waals surface area contributed by atoms with E-state index in [9.17, 15) is 0 Å². The van der Waals surface area contributed by atoms with Gasteiger partial charge < -0.3 is 20.1 Å². The van der Waals surface area contributed by atoms with Crippen molar-refractivity contribution in [3.63, 3.8) is 0 Å². The van der Waals surface area contributed by atoms with Crippen LogP contribution >= 0.6 is 0 Å². The first-order valence-electron chi connectivity index (χ1n) is 10.3. The molecular formula is C19H34N6O2. The van der Waals surface area contributed by atoms with Gasteiger partial charge in [-0.2, -0.15) is 5.10 Å². The van der Waals surface area contributed by atoms with E-state index in [0.717, 1.165) is 95.7 Å². The number of fused-ring (bicyclic) bond motifs is 1. The van der Waals surface area contributed by atoms with Gasteiger partial charge in [-0.3, -0.25) is 4.99 Å². The first kappa shape index (κ1) is 20.1. The molecule has 2 N–H and O–H groups in total. The summed E-state index contributed by atoms with van der Waals surface area (Å²) < 4.78 is 13.2. The standard InChI is InChI=1S/C19H34N6O2/c1-3-17-23-18-6-5-16(13-25(18)24-17)22-19(20-2)21-9-4-10-27-14-15-7-11-26-12-8-15/h15-16H,3-14H2,1-2H3,(H2,20,21,22). The Kier molecular flexibility index (Phi) is 7.89. The summed E-state index contributed by atoms with van der Waals surface area (Å²) in [5, 5.41) is 11.5. The van der Waals surface area contributed by atoms with Gasteiger partial charge in [0.05, 0.1) is 6.54 Å². The molecule has 27 heavy (non-hydrogen) atoms. The van der Waals surface area contributed by atoms with Crippen LogP contribution in [0.2, 0.25) is 0 Å². The Balaban J connectivity index is 1.30. The number of aryl methyl sites for hydroxylation is 2. The Bertz CT molecular complexity index is 597. The lowest BCUT2D eigenvalue weighted by Gasteiger charge is -2.25. The van der Waals surface area contributed by atoms with E-state index in [-0.39, 0.29) is 0 Å². The van der Waals surface area contributed by atoms with E-state index >= 15 is 0 Å². The molecule has 1 atom stereocenters. The van der Waals surface area contributed by atoms with E-state index in [0.29, 0.717) is 12.0 Å². The van der Waals surface area contributed by atoms with Crippen LogP contribution < -0.4 is 10.6 Å². The first-order valence-corrected chi connectivity index (χ1v) is 10.3. The summed E-state index contributed by atoms with van der Waals surface area (Å²) in [4.78, 5) is 8.92. The van der Waals surface area contributed by atoms with Crippen molar-refractivity contribution < 1.29 is 9.47 Å². The first-order chi connectivity index (χ1) is 13.3. The van der Waals surface area contributed by atoms with E-state index in [1.165, 1.54) is 0 Å². The number of aliphatic imine (C=N–C) groups is 1. The maximum atomic E-state index is 5.82. The lowest BCUT2D eigenvalue weighted by Crippen LogP contribution is -2.47. The van der Waals surface area contributed by atoms with Gasteiger partial charge in [-0.1, -0.05) is 6.92 Å². The van der Waals surface area contributed by atoms with Crippen molar-refractivity contribution in [2.45, 2.75) is 58.0 Å². The second-order valence-electron chi connectivity index (χ2n) is 7.34. The average Bonchev–Trinajstić information content (AvgIpc) is 3.13. The van der Waals surface area contributed by atoms with Gasteiger partial charge in [-0.25, -0.2) is 9.67 Å². The molecule has 1 aromatic rings. The monoisotopic (exact) mass is 378 g/mol. The molecule has 3 heterocycles. The fourth-order valence-electron chi connectivity index (χ4n) is 3.56. The van der Waals surface area contributed by atoms with Gasteiger partial charge in [0, 0.05) is 58.9 Å². The highest BCUT2D eigenvalue weighted by molar-refractivity contribution is 5.79. The maximum absolute atomic E-state index is 5.82. The molecule has 0 aromatic carbocycles. The lowest BCUT2D eigenvalue weighted by atomic mass is 10.0. The van der Waals surface area contributed by atoms with Crippen LogP contribution in [0.1, 0.15) is 44.3 Å². The van der Waals surface area contributed by atoms with Crippen LogP contribution in [-0.4, -0.2) is 66.8 Å². The van der Waals surface area contributed by atoms with Crippen LogP contribution in [0.25, 0.3) is 0 Å². The summed E-state index contributed by atoms with van der Waals surface area (Å²) in [5.74, 6) is 3.56. The molecule has 0 spiro atoms. The average molecular weight is 379 g/mol. The number of hydrogen-bond donors (Lipinski definition) is 2. The summed E-state index contributed by atoms with van der Waals surface area (Å²) in [6.45, 7) is 7.20. The Labute approximate surface area is 162 Å². The minimum Gasteiger partial charge on any atom is -0.381 e. The highest BCUT2D eigenvalue weighted by Crippen LogP contribution is 2.15. The fourth-order valence-corrected chi connectivity index (χ4v) is 3.56. The number of nitrogens with zero attached hydrogens (tertiary/aromatic N) is 4. The van der Waals surface area contributed by atoms with Gasteiger partial charge in [0.2, 0.25) is 0 Å². The quantitative estimate of drug-likeness (QED) is 0.401. The normalized spacial score (nSPS) is 21.1. The second kappa shape index (κ2) is 10.6. The van der Waals surface area contributed by atoms with Crippen LogP contribution in [-0.2, 0) is 28.9 Å². The SMILES string of the molecule is CCc1nc2n(n1)CC(NC(=NC)NCCCOCC1CCOCC1)CC2. The van der Waals surface area contributed by atoms with Crippen molar-refractivity contribution in [1.82, 2.24) is 25.4 Å². The van der Waals surface area contributed by atoms with Crippen LogP contribution in [0.5, 0.6) is 0 Å². The number of hydrogen-bond acceptors (Lipinski definition) is 5. The Morgan fingerprint density at radius 1 is 1.33 bits per heavy atom. The second-order valence-corrected chi connectivity index (χ2v) is 7.34. The molecule has 0 aliphatic carbocycles. The van der Waals surface area contributed by atoms with Crippen LogP contribution in [0.3, 0.4) is 0 Å². The van der Waals surface area contributed by atoms with Crippen molar-refractivity contribution in [2.75, 3.05) is 40.0 Å². The molecule has 3 rings (SSSR count). The van der Waals surface area contributed by atoms with Gasteiger partial charge in [0.15, 0.2) is 11.8 Å². The minimum absolute atomic E-state index is 0.333. The third-order valence-electron chi connectivity index (χ3n) is 5.23. The molecule has 1 unspecified atom stereocenters. The molecule has 0 bridgehead atoms. The van der Waals surface area contributed by atoms with Gasteiger partial charge >= 0.3 is 0 Å².